The topological polar surface area (TPSA) is 27.0 Å². The zero-order chi connectivity index (χ0) is 14.2. The third-order valence-electron chi connectivity index (χ3n) is 4.84. The summed E-state index contributed by atoms with van der Waals surface area (Å²) in [5.41, 5.74) is 1.20. The van der Waals surface area contributed by atoms with Gasteiger partial charge in [0, 0.05) is 69.6 Å². The van der Waals surface area contributed by atoms with Gasteiger partial charge in [-0.3, -0.25) is 14.2 Å². The van der Waals surface area contributed by atoms with E-state index in [1.165, 1.54) is 51.5 Å². The van der Waals surface area contributed by atoms with E-state index in [0.717, 1.165) is 17.5 Å². The summed E-state index contributed by atoms with van der Waals surface area (Å²) >= 11 is 1.71. The van der Waals surface area contributed by atoms with Crippen LogP contribution in [-0.2, 0) is 6.54 Å². The smallest absolute Gasteiger partial charge is 0.193 e. The van der Waals surface area contributed by atoms with Crippen molar-refractivity contribution >= 4 is 16.3 Å². The van der Waals surface area contributed by atoms with Crippen molar-refractivity contribution in [3.8, 4) is 0 Å². The molecule has 0 aromatic carbocycles. The molecule has 0 bridgehead atoms. The van der Waals surface area contributed by atoms with Crippen molar-refractivity contribution in [1.82, 2.24) is 24.1 Å². The molecule has 0 N–H and O–H groups in total. The van der Waals surface area contributed by atoms with Crippen LogP contribution in [0.5, 0.6) is 0 Å². The fraction of sp³-hybridized carbons (Fsp3) is 0.667. The minimum Gasteiger partial charge on any atom is -0.301 e. The van der Waals surface area contributed by atoms with E-state index >= 15 is 0 Å². The second-order valence-corrected chi connectivity index (χ2v) is 7.02. The molecule has 2 saturated heterocycles. The van der Waals surface area contributed by atoms with E-state index in [-0.39, 0.29) is 0 Å². The summed E-state index contributed by atoms with van der Waals surface area (Å²) in [6.07, 6.45) is 4.25. The van der Waals surface area contributed by atoms with Crippen molar-refractivity contribution in [2.45, 2.75) is 19.5 Å². The molecule has 114 valence electrons. The first-order chi connectivity index (χ1) is 10.3. The first-order valence-corrected chi connectivity index (χ1v) is 8.79. The van der Waals surface area contributed by atoms with Crippen LogP contribution in [0.1, 0.15) is 12.6 Å². The fourth-order valence-electron chi connectivity index (χ4n) is 3.43. The molecule has 0 unspecified atom stereocenters. The van der Waals surface area contributed by atoms with Gasteiger partial charge < -0.3 is 4.90 Å². The molecule has 0 radical (unpaired) electrons. The third-order valence-corrected chi connectivity index (χ3v) is 5.61. The van der Waals surface area contributed by atoms with Crippen LogP contribution in [0.15, 0.2) is 17.8 Å². The van der Waals surface area contributed by atoms with Crippen molar-refractivity contribution in [3.05, 3.63) is 23.5 Å². The first kappa shape index (κ1) is 13.7. The molecule has 0 amide bonds. The summed E-state index contributed by atoms with van der Waals surface area (Å²) in [7, 11) is 0. The lowest BCUT2D eigenvalue weighted by molar-refractivity contribution is 0.00165. The number of likely N-dealkylation sites (tertiary alicyclic amines) is 1. The van der Waals surface area contributed by atoms with Crippen LogP contribution in [0, 0.1) is 0 Å². The Bertz CT molecular complexity index is 563. The van der Waals surface area contributed by atoms with Gasteiger partial charge in [0.25, 0.3) is 0 Å². The second-order valence-electron chi connectivity index (χ2n) is 6.14. The predicted octanol–water partition coefficient (Wildman–Crippen LogP) is 1.22. The number of rotatable bonds is 4. The number of likely N-dealkylation sites (N-methyl/N-ethyl adjacent to an activating group) is 1. The number of fused-ring (bicyclic) bond motifs is 1. The maximum absolute atomic E-state index is 4.67. The van der Waals surface area contributed by atoms with E-state index in [4.69, 9.17) is 0 Å². The third kappa shape index (κ3) is 2.73. The van der Waals surface area contributed by atoms with Gasteiger partial charge in [0.1, 0.15) is 0 Å². The predicted molar refractivity (Wildman–Crippen MR) is 85.8 cm³/mol. The van der Waals surface area contributed by atoms with Crippen LogP contribution in [0.4, 0.5) is 0 Å². The molecule has 4 heterocycles. The Labute approximate surface area is 129 Å². The minimum atomic E-state index is 0.771. The van der Waals surface area contributed by atoms with E-state index in [9.17, 15) is 0 Å². The van der Waals surface area contributed by atoms with Crippen LogP contribution >= 0.6 is 11.3 Å². The molecule has 4 rings (SSSR count). The van der Waals surface area contributed by atoms with Gasteiger partial charge in [-0.25, -0.2) is 4.98 Å². The largest absolute Gasteiger partial charge is 0.301 e. The maximum Gasteiger partial charge on any atom is 0.193 e. The van der Waals surface area contributed by atoms with Gasteiger partial charge in [-0.15, -0.1) is 11.3 Å². The minimum absolute atomic E-state index is 0.771. The number of piperazine rings is 1. The highest BCUT2D eigenvalue weighted by molar-refractivity contribution is 7.15. The van der Waals surface area contributed by atoms with Gasteiger partial charge in [0.15, 0.2) is 4.96 Å². The van der Waals surface area contributed by atoms with Crippen LogP contribution in [0.3, 0.4) is 0 Å². The Morgan fingerprint density at radius 3 is 2.71 bits per heavy atom. The molecular weight excluding hydrogens is 282 g/mol. The summed E-state index contributed by atoms with van der Waals surface area (Å²) in [6, 6.07) is 0.771. The molecule has 2 aromatic heterocycles. The quantitative estimate of drug-likeness (QED) is 0.849. The lowest BCUT2D eigenvalue weighted by atomic mass is 10.1. The molecular formula is C15H23N5S. The molecule has 0 saturated carbocycles. The van der Waals surface area contributed by atoms with Crippen LogP contribution in [0.25, 0.3) is 4.96 Å². The molecule has 21 heavy (non-hydrogen) atoms. The summed E-state index contributed by atoms with van der Waals surface area (Å²) < 4.78 is 2.13. The molecule has 2 aliphatic rings. The van der Waals surface area contributed by atoms with E-state index in [1.807, 2.05) is 0 Å². The van der Waals surface area contributed by atoms with Crippen molar-refractivity contribution in [3.63, 3.8) is 0 Å². The van der Waals surface area contributed by atoms with Gasteiger partial charge in [-0.2, -0.15) is 0 Å². The fourth-order valence-corrected chi connectivity index (χ4v) is 4.15. The highest BCUT2D eigenvalue weighted by atomic mass is 32.1. The Kier molecular flexibility index (Phi) is 3.71. The molecule has 2 aromatic rings. The number of thiazole rings is 1. The molecule has 6 heteroatoms. The van der Waals surface area contributed by atoms with Crippen molar-refractivity contribution in [2.24, 2.45) is 0 Å². The number of aromatic nitrogens is 2. The Morgan fingerprint density at radius 1 is 1.19 bits per heavy atom. The van der Waals surface area contributed by atoms with Crippen molar-refractivity contribution in [2.75, 3.05) is 45.8 Å². The average molecular weight is 305 g/mol. The molecule has 5 nitrogen and oxygen atoms in total. The van der Waals surface area contributed by atoms with Gasteiger partial charge >= 0.3 is 0 Å². The van der Waals surface area contributed by atoms with Crippen molar-refractivity contribution in [1.29, 1.82) is 0 Å². The van der Waals surface area contributed by atoms with E-state index < -0.39 is 0 Å². The highest BCUT2D eigenvalue weighted by Crippen LogP contribution is 2.20. The monoisotopic (exact) mass is 305 g/mol. The SMILES string of the molecule is CCN1CCN(C2CN(Cc3cn4ccsc4n3)C2)CC1. The van der Waals surface area contributed by atoms with Crippen molar-refractivity contribution < 1.29 is 0 Å². The maximum atomic E-state index is 4.67. The molecule has 0 aliphatic carbocycles. The second kappa shape index (κ2) is 5.68. The zero-order valence-electron chi connectivity index (χ0n) is 12.6. The standard InChI is InChI=1S/C15H23N5S/c1-2-17-3-5-19(6-4-17)14-11-18(12-14)9-13-10-20-7-8-21-15(20)16-13/h7-8,10,14H,2-6,9,11-12H2,1H3. The highest BCUT2D eigenvalue weighted by Gasteiger charge is 2.33. The van der Waals surface area contributed by atoms with Crippen LogP contribution < -0.4 is 0 Å². The normalized spacial score (nSPS) is 22.9. The summed E-state index contributed by atoms with van der Waals surface area (Å²) in [4.78, 5) is 13.5. The molecule has 2 aliphatic heterocycles. The Balaban J connectivity index is 1.26. The number of hydrogen-bond donors (Lipinski definition) is 0. The average Bonchev–Trinajstić information content (AvgIpc) is 3.03. The van der Waals surface area contributed by atoms with E-state index in [0.29, 0.717) is 0 Å². The summed E-state index contributed by atoms with van der Waals surface area (Å²) in [5, 5.41) is 2.09. The summed E-state index contributed by atoms with van der Waals surface area (Å²) in [5.74, 6) is 0. The van der Waals surface area contributed by atoms with E-state index in [1.54, 1.807) is 11.3 Å². The Hall–Kier alpha value is -0.950. The lowest BCUT2D eigenvalue weighted by Gasteiger charge is -2.48. The Morgan fingerprint density at radius 2 is 2.00 bits per heavy atom. The van der Waals surface area contributed by atoms with Gasteiger partial charge in [0.05, 0.1) is 5.69 Å². The van der Waals surface area contributed by atoms with Gasteiger partial charge in [0.2, 0.25) is 0 Å². The number of nitrogens with zero attached hydrogens (tertiary/aromatic N) is 5. The molecule has 0 spiro atoms. The molecule has 0 atom stereocenters. The molecule has 2 fully saturated rings. The van der Waals surface area contributed by atoms with E-state index in [2.05, 4.69) is 48.8 Å². The summed E-state index contributed by atoms with van der Waals surface area (Å²) in [6.45, 7) is 11.8. The van der Waals surface area contributed by atoms with Crippen LogP contribution in [-0.4, -0.2) is 75.9 Å². The number of imidazole rings is 1. The lowest BCUT2D eigenvalue weighted by Crippen LogP contribution is -2.62. The van der Waals surface area contributed by atoms with Crippen LogP contribution in [0.2, 0.25) is 0 Å². The van der Waals surface area contributed by atoms with Gasteiger partial charge in [-0.1, -0.05) is 6.92 Å². The van der Waals surface area contributed by atoms with Gasteiger partial charge in [-0.05, 0) is 6.54 Å². The first-order valence-electron chi connectivity index (χ1n) is 7.91. The zero-order valence-corrected chi connectivity index (χ0v) is 13.4. The number of hydrogen-bond acceptors (Lipinski definition) is 5.